The summed E-state index contributed by atoms with van der Waals surface area (Å²) in [5.74, 6) is 0.799. The first kappa shape index (κ1) is 18.2. The summed E-state index contributed by atoms with van der Waals surface area (Å²) in [7, 11) is 0. The molecule has 1 aliphatic rings. The zero-order valence-corrected chi connectivity index (χ0v) is 16.1. The maximum Gasteiger partial charge on any atom is 0.186 e. The van der Waals surface area contributed by atoms with Crippen LogP contribution in [0.4, 0.5) is 5.13 Å². The molecule has 5 nitrogen and oxygen atoms in total. The van der Waals surface area contributed by atoms with Gasteiger partial charge < -0.3 is 20.1 Å². The average molecular weight is 384 g/mol. The van der Waals surface area contributed by atoms with Crippen LogP contribution >= 0.6 is 11.3 Å². The molecule has 0 amide bonds. The topological polar surface area (TPSA) is 57.6 Å². The summed E-state index contributed by atoms with van der Waals surface area (Å²) in [6.45, 7) is 3.29. The number of hydrogen-bond acceptors (Lipinski definition) is 6. The van der Waals surface area contributed by atoms with Gasteiger partial charge in [-0.05, 0) is 42.7 Å². The Kier molecular flexibility index (Phi) is 5.87. The van der Waals surface area contributed by atoms with Crippen LogP contribution in [-0.2, 0) is 6.54 Å². The summed E-state index contributed by atoms with van der Waals surface area (Å²) in [5, 5.41) is 13.6. The molecule has 2 heterocycles. The number of ether oxygens (including phenoxy) is 1. The fraction of sp³-hybridized carbons (Fsp3) is 0.381. The Morgan fingerprint density at radius 3 is 2.85 bits per heavy atom. The number of nitrogens with zero attached hydrogens (tertiary/aromatic N) is 2. The van der Waals surface area contributed by atoms with Crippen LogP contribution in [0.25, 0.3) is 10.2 Å². The summed E-state index contributed by atoms with van der Waals surface area (Å²) >= 11 is 1.78. The van der Waals surface area contributed by atoms with E-state index in [1.165, 1.54) is 23.1 Å². The van der Waals surface area contributed by atoms with Gasteiger partial charge in [-0.25, -0.2) is 4.98 Å². The van der Waals surface area contributed by atoms with Gasteiger partial charge in [-0.2, -0.15) is 0 Å². The molecule has 1 atom stereocenters. The first-order valence-electron chi connectivity index (χ1n) is 9.48. The Morgan fingerprint density at radius 2 is 2.04 bits per heavy atom. The lowest BCUT2D eigenvalue weighted by Crippen LogP contribution is -2.45. The number of benzene rings is 2. The lowest BCUT2D eigenvalue weighted by Gasteiger charge is -2.33. The van der Waals surface area contributed by atoms with Gasteiger partial charge in [-0.3, -0.25) is 0 Å². The van der Waals surface area contributed by atoms with Crippen LogP contribution in [0.5, 0.6) is 5.75 Å². The van der Waals surface area contributed by atoms with E-state index < -0.39 is 0 Å². The molecule has 1 fully saturated rings. The van der Waals surface area contributed by atoms with Gasteiger partial charge in [-0.15, -0.1) is 0 Å². The lowest BCUT2D eigenvalue weighted by atomic mass is 10.1. The van der Waals surface area contributed by atoms with E-state index in [1.807, 2.05) is 18.2 Å². The molecule has 0 unspecified atom stereocenters. The van der Waals surface area contributed by atoms with Crippen molar-refractivity contribution in [3.8, 4) is 5.75 Å². The minimum Gasteiger partial charge on any atom is -0.491 e. The van der Waals surface area contributed by atoms with E-state index in [1.54, 1.807) is 11.3 Å². The van der Waals surface area contributed by atoms with Crippen LogP contribution < -0.4 is 15.0 Å². The van der Waals surface area contributed by atoms with Gasteiger partial charge in [0.25, 0.3) is 0 Å². The number of aromatic nitrogens is 1. The second kappa shape index (κ2) is 8.69. The number of thiazole rings is 1. The highest BCUT2D eigenvalue weighted by atomic mass is 32.1. The minimum absolute atomic E-state index is 0.0378. The monoisotopic (exact) mass is 383 g/mol. The van der Waals surface area contributed by atoms with Crippen molar-refractivity contribution in [2.45, 2.75) is 25.4 Å². The van der Waals surface area contributed by atoms with Gasteiger partial charge in [0.05, 0.1) is 16.8 Å². The van der Waals surface area contributed by atoms with E-state index in [9.17, 15) is 0 Å². The Balaban J connectivity index is 1.33. The molecular weight excluding hydrogens is 358 g/mol. The number of para-hydroxylation sites is 1. The Hall–Kier alpha value is -2.15. The van der Waals surface area contributed by atoms with Crippen molar-refractivity contribution in [1.29, 1.82) is 0 Å². The summed E-state index contributed by atoms with van der Waals surface area (Å²) in [5.41, 5.74) is 2.33. The molecule has 4 rings (SSSR count). The summed E-state index contributed by atoms with van der Waals surface area (Å²) in [6, 6.07) is 16.9. The average Bonchev–Trinajstić information content (AvgIpc) is 3.16. The van der Waals surface area contributed by atoms with E-state index in [2.05, 4.69) is 40.5 Å². The van der Waals surface area contributed by atoms with Crippen LogP contribution in [0.15, 0.2) is 48.5 Å². The fourth-order valence-corrected chi connectivity index (χ4v) is 4.44. The molecule has 0 aliphatic carbocycles. The number of anilines is 1. The number of nitrogens with one attached hydrogen (secondary N) is 1. The van der Waals surface area contributed by atoms with Crippen molar-refractivity contribution in [1.82, 2.24) is 10.3 Å². The minimum atomic E-state index is 0.0378. The van der Waals surface area contributed by atoms with Crippen LogP contribution in [-0.4, -0.2) is 42.4 Å². The third-order valence-electron chi connectivity index (χ3n) is 4.85. The molecule has 1 aliphatic heterocycles. The molecule has 0 spiro atoms. The number of rotatable bonds is 7. The smallest absolute Gasteiger partial charge is 0.186 e. The summed E-state index contributed by atoms with van der Waals surface area (Å²) in [4.78, 5) is 7.22. The first-order chi connectivity index (χ1) is 13.3. The highest BCUT2D eigenvalue weighted by Gasteiger charge is 2.22. The summed E-state index contributed by atoms with van der Waals surface area (Å²) in [6.07, 6.45) is 2.38. The number of fused-ring (bicyclic) bond motifs is 1. The SMILES string of the molecule is OCCOc1ccc(CN[C@@H]2CCCN(c3nc4ccccc4s3)C2)cc1. The molecule has 27 heavy (non-hydrogen) atoms. The number of aliphatic hydroxyl groups excluding tert-OH is 1. The van der Waals surface area contributed by atoms with Crippen molar-refractivity contribution >= 4 is 26.7 Å². The van der Waals surface area contributed by atoms with Gasteiger partial charge in [-0.1, -0.05) is 35.6 Å². The molecule has 2 aromatic carbocycles. The third kappa shape index (κ3) is 4.58. The quantitative estimate of drug-likeness (QED) is 0.655. The largest absolute Gasteiger partial charge is 0.491 e. The van der Waals surface area contributed by atoms with E-state index in [4.69, 9.17) is 14.8 Å². The van der Waals surface area contributed by atoms with Crippen LogP contribution in [0.2, 0.25) is 0 Å². The second-order valence-corrected chi connectivity index (χ2v) is 7.86. The highest BCUT2D eigenvalue weighted by Crippen LogP contribution is 2.30. The summed E-state index contributed by atoms with van der Waals surface area (Å²) < 4.78 is 6.67. The van der Waals surface area contributed by atoms with Crippen molar-refractivity contribution in [3.05, 3.63) is 54.1 Å². The number of hydrogen-bond donors (Lipinski definition) is 2. The van der Waals surface area contributed by atoms with Gasteiger partial charge in [0.2, 0.25) is 0 Å². The zero-order valence-electron chi connectivity index (χ0n) is 15.3. The van der Waals surface area contributed by atoms with E-state index in [0.29, 0.717) is 12.6 Å². The van der Waals surface area contributed by atoms with Gasteiger partial charge in [0.15, 0.2) is 5.13 Å². The lowest BCUT2D eigenvalue weighted by molar-refractivity contribution is 0.201. The maximum atomic E-state index is 8.81. The Bertz CT molecular complexity index is 832. The molecular formula is C21H25N3O2S. The molecule has 142 valence electrons. The molecule has 3 aromatic rings. The van der Waals surface area contributed by atoms with E-state index in [0.717, 1.165) is 36.0 Å². The fourth-order valence-electron chi connectivity index (χ4n) is 3.44. The van der Waals surface area contributed by atoms with Crippen molar-refractivity contribution in [2.75, 3.05) is 31.2 Å². The van der Waals surface area contributed by atoms with Gasteiger partial charge in [0, 0.05) is 25.7 Å². The van der Waals surface area contributed by atoms with Crippen LogP contribution in [0, 0.1) is 0 Å². The van der Waals surface area contributed by atoms with Crippen LogP contribution in [0.3, 0.4) is 0 Å². The van der Waals surface area contributed by atoms with E-state index in [-0.39, 0.29) is 6.61 Å². The normalized spacial score (nSPS) is 17.4. The number of aliphatic hydroxyl groups is 1. The molecule has 0 bridgehead atoms. The first-order valence-corrected chi connectivity index (χ1v) is 10.3. The van der Waals surface area contributed by atoms with Crippen molar-refractivity contribution in [3.63, 3.8) is 0 Å². The molecule has 0 radical (unpaired) electrons. The Morgan fingerprint density at radius 1 is 1.19 bits per heavy atom. The third-order valence-corrected chi connectivity index (χ3v) is 5.95. The predicted octanol–water partition coefficient (Wildman–Crippen LogP) is 3.43. The number of piperidine rings is 1. The highest BCUT2D eigenvalue weighted by molar-refractivity contribution is 7.22. The zero-order chi connectivity index (χ0) is 18.5. The molecule has 2 N–H and O–H groups in total. The molecule has 1 aromatic heterocycles. The van der Waals surface area contributed by atoms with Gasteiger partial charge in [0.1, 0.15) is 12.4 Å². The molecule has 6 heteroatoms. The predicted molar refractivity (Wildman–Crippen MR) is 111 cm³/mol. The van der Waals surface area contributed by atoms with Crippen LogP contribution in [0.1, 0.15) is 18.4 Å². The molecule has 0 saturated carbocycles. The standard InChI is InChI=1S/C21H25N3O2S/c25-12-13-26-18-9-7-16(8-10-18)14-22-17-4-3-11-24(15-17)21-23-19-5-1-2-6-20(19)27-21/h1-2,5-10,17,22,25H,3-4,11-15H2/t17-/m1/s1. The second-order valence-electron chi connectivity index (χ2n) is 6.85. The molecule has 1 saturated heterocycles. The van der Waals surface area contributed by atoms with E-state index >= 15 is 0 Å². The maximum absolute atomic E-state index is 8.81. The van der Waals surface area contributed by atoms with Crippen molar-refractivity contribution < 1.29 is 9.84 Å². The van der Waals surface area contributed by atoms with Gasteiger partial charge >= 0.3 is 0 Å². The Labute approximate surface area is 163 Å². The van der Waals surface area contributed by atoms with Crippen molar-refractivity contribution in [2.24, 2.45) is 0 Å².